The van der Waals surface area contributed by atoms with Crippen LogP contribution >= 0.6 is 11.8 Å². The molecule has 0 spiro atoms. The lowest BCUT2D eigenvalue weighted by Crippen LogP contribution is -2.28. The maximum absolute atomic E-state index is 12.8. The Kier molecular flexibility index (Phi) is 3.32. The summed E-state index contributed by atoms with van der Waals surface area (Å²) in [6, 6.07) is 10.7. The summed E-state index contributed by atoms with van der Waals surface area (Å²) >= 11 is 1.11. The second kappa shape index (κ2) is 5.70. The molecular weight excluding hydrogens is 356 g/mol. The maximum atomic E-state index is 12.8. The van der Waals surface area contributed by atoms with Crippen LogP contribution in [-0.2, 0) is 4.79 Å². The Labute approximate surface area is 152 Å². The van der Waals surface area contributed by atoms with Crippen molar-refractivity contribution in [1.82, 2.24) is 0 Å². The smallest absolute Gasteiger partial charge is 0.271 e. The van der Waals surface area contributed by atoms with Crippen molar-refractivity contribution in [3.05, 3.63) is 46.9 Å². The normalized spacial score (nSPS) is 18.9. The van der Waals surface area contributed by atoms with E-state index in [1.165, 1.54) is 4.90 Å². The number of amides is 1. The first-order valence-corrected chi connectivity index (χ1v) is 8.62. The number of fused-ring (bicyclic) bond motifs is 2. The minimum atomic E-state index is -0.253. The van der Waals surface area contributed by atoms with Gasteiger partial charge in [-0.05, 0) is 47.7 Å². The standard InChI is InChI=1S/C18H12N2O5S/c19-18-20(11-2-4-13-15(7-11)25-9-23-13)17(21)16(26-18)6-10-1-3-12-14(5-10)24-8-22-12/h1-7,19H,8-9H2/b16-6-,19-18?. The van der Waals surface area contributed by atoms with Crippen molar-refractivity contribution in [3.63, 3.8) is 0 Å². The third-order valence-corrected chi connectivity index (χ3v) is 5.02. The van der Waals surface area contributed by atoms with E-state index in [0.717, 1.165) is 17.3 Å². The second-order valence-electron chi connectivity index (χ2n) is 5.71. The van der Waals surface area contributed by atoms with Crippen LogP contribution < -0.4 is 23.8 Å². The van der Waals surface area contributed by atoms with Crippen LogP contribution in [0.4, 0.5) is 5.69 Å². The quantitative estimate of drug-likeness (QED) is 0.820. The van der Waals surface area contributed by atoms with Gasteiger partial charge in [0.1, 0.15) is 0 Å². The molecule has 0 aliphatic carbocycles. The number of hydrogen-bond acceptors (Lipinski definition) is 7. The highest BCUT2D eigenvalue weighted by atomic mass is 32.2. The Hall–Kier alpha value is -3.13. The summed E-state index contributed by atoms with van der Waals surface area (Å²) in [6.07, 6.45) is 1.75. The van der Waals surface area contributed by atoms with Crippen molar-refractivity contribution in [2.75, 3.05) is 18.5 Å². The number of benzene rings is 2. The SMILES string of the molecule is N=C1S/C(=C\c2ccc3c(c2)OCO3)C(=O)N1c1ccc2c(c1)OCO2. The van der Waals surface area contributed by atoms with Crippen molar-refractivity contribution in [2.45, 2.75) is 0 Å². The largest absolute Gasteiger partial charge is 0.454 e. The average molecular weight is 368 g/mol. The lowest BCUT2D eigenvalue weighted by atomic mass is 10.2. The van der Waals surface area contributed by atoms with Gasteiger partial charge in [-0.2, -0.15) is 0 Å². The van der Waals surface area contributed by atoms with E-state index in [4.69, 9.17) is 24.4 Å². The van der Waals surface area contributed by atoms with Crippen LogP contribution in [0.5, 0.6) is 23.0 Å². The molecule has 8 heteroatoms. The average Bonchev–Trinajstić information content (AvgIpc) is 3.34. The number of nitrogens with zero attached hydrogens (tertiary/aromatic N) is 1. The number of rotatable bonds is 2. The van der Waals surface area contributed by atoms with Crippen LogP contribution in [0.3, 0.4) is 0 Å². The van der Waals surface area contributed by atoms with Crippen molar-refractivity contribution >= 4 is 34.6 Å². The lowest BCUT2D eigenvalue weighted by Gasteiger charge is -2.14. The predicted octanol–water partition coefficient (Wildman–Crippen LogP) is 3.20. The van der Waals surface area contributed by atoms with Gasteiger partial charge in [0.25, 0.3) is 5.91 Å². The van der Waals surface area contributed by atoms with Gasteiger partial charge in [0, 0.05) is 6.07 Å². The molecule has 2 aromatic rings. The number of ether oxygens (including phenoxy) is 4. The predicted molar refractivity (Wildman–Crippen MR) is 95.9 cm³/mol. The molecule has 1 fully saturated rings. The van der Waals surface area contributed by atoms with Gasteiger partial charge in [0.15, 0.2) is 28.2 Å². The van der Waals surface area contributed by atoms with Crippen molar-refractivity contribution in [2.24, 2.45) is 0 Å². The Morgan fingerprint density at radius 3 is 2.35 bits per heavy atom. The highest BCUT2D eigenvalue weighted by Crippen LogP contribution is 2.41. The van der Waals surface area contributed by atoms with Gasteiger partial charge < -0.3 is 18.9 Å². The molecule has 26 heavy (non-hydrogen) atoms. The number of thioether (sulfide) groups is 1. The maximum Gasteiger partial charge on any atom is 0.271 e. The Morgan fingerprint density at radius 1 is 0.923 bits per heavy atom. The fraction of sp³-hybridized carbons (Fsp3) is 0.111. The number of carbonyl (C=O) groups excluding carboxylic acids is 1. The van der Waals surface area contributed by atoms with E-state index in [0.29, 0.717) is 33.6 Å². The van der Waals surface area contributed by atoms with Crippen LogP contribution in [0, 0.1) is 5.41 Å². The van der Waals surface area contributed by atoms with Crippen LogP contribution in [0.15, 0.2) is 41.3 Å². The van der Waals surface area contributed by atoms with E-state index < -0.39 is 0 Å². The highest BCUT2D eigenvalue weighted by molar-refractivity contribution is 8.19. The summed E-state index contributed by atoms with van der Waals surface area (Å²) in [5, 5.41) is 8.34. The van der Waals surface area contributed by atoms with E-state index in [1.807, 2.05) is 12.1 Å². The Morgan fingerprint density at radius 2 is 1.58 bits per heavy atom. The molecule has 1 saturated heterocycles. The molecule has 0 unspecified atom stereocenters. The van der Waals surface area contributed by atoms with Crippen molar-refractivity contribution < 1.29 is 23.7 Å². The van der Waals surface area contributed by atoms with E-state index in [1.54, 1.807) is 30.3 Å². The second-order valence-corrected chi connectivity index (χ2v) is 6.74. The first-order valence-electron chi connectivity index (χ1n) is 7.81. The summed E-state index contributed by atoms with van der Waals surface area (Å²) in [4.78, 5) is 14.6. The molecular formula is C18H12N2O5S. The summed E-state index contributed by atoms with van der Waals surface area (Å²) in [5.41, 5.74) is 1.39. The van der Waals surface area contributed by atoms with Gasteiger partial charge in [-0.15, -0.1) is 0 Å². The van der Waals surface area contributed by atoms with Crippen LogP contribution in [0.2, 0.25) is 0 Å². The molecule has 5 rings (SSSR count). The number of nitrogens with one attached hydrogen (secondary N) is 1. The van der Waals surface area contributed by atoms with Gasteiger partial charge in [0.05, 0.1) is 10.6 Å². The monoisotopic (exact) mass is 368 g/mol. The van der Waals surface area contributed by atoms with Gasteiger partial charge in [-0.1, -0.05) is 6.07 Å². The zero-order valence-corrected chi connectivity index (χ0v) is 14.2. The molecule has 0 atom stereocenters. The molecule has 7 nitrogen and oxygen atoms in total. The van der Waals surface area contributed by atoms with E-state index in [9.17, 15) is 4.79 Å². The van der Waals surface area contributed by atoms with Gasteiger partial charge >= 0.3 is 0 Å². The fourth-order valence-corrected chi connectivity index (χ4v) is 3.76. The van der Waals surface area contributed by atoms with Gasteiger partial charge in [-0.25, -0.2) is 0 Å². The summed E-state index contributed by atoms with van der Waals surface area (Å²) in [6.45, 7) is 0.361. The lowest BCUT2D eigenvalue weighted by molar-refractivity contribution is -0.113. The third kappa shape index (κ3) is 2.38. The van der Waals surface area contributed by atoms with Gasteiger partial charge in [0.2, 0.25) is 13.6 Å². The number of anilines is 1. The molecule has 1 N–H and O–H groups in total. The molecule has 0 radical (unpaired) electrons. The number of amidine groups is 1. The molecule has 0 saturated carbocycles. The fourth-order valence-electron chi connectivity index (χ4n) is 2.90. The summed E-state index contributed by atoms with van der Waals surface area (Å²) < 4.78 is 21.3. The molecule has 0 aromatic heterocycles. The zero-order valence-electron chi connectivity index (χ0n) is 13.4. The molecule has 130 valence electrons. The molecule has 2 aromatic carbocycles. The van der Waals surface area contributed by atoms with Crippen molar-refractivity contribution in [1.29, 1.82) is 5.41 Å². The summed E-state index contributed by atoms with van der Waals surface area (Å²) in [7, 11) is 0. The highest BCUT2D eigenvalue weighted by Gasteiger charge is 2.34. The Balaban J connectivity index is 1.46. The van der Waals surface area contributed by atoms with E-state index >= 15 is 0 Å². The summed E-state index contributed by atoms with van der Waals surface area (Å²) in [5.74, 6) is 2.29. The van der Waals surface area contributed by atoms with Crippen LogP contribution in [0.25, 0.3) is 6.08 Å². The minimum absolute atomic E-state index is 0.140. The number of hydrogen-bond donors (Lipinski definition) is 1. The van der Waals surface area contributed by atoms with E-state index in [-0.39, 0.29) is 24.7 Å². The molecule has 0 bridgehead atoms. The first-order chi connectivity index (χ1) is 12.7. The molecule has 3 aliphatic heterocycles. The molecule has 3 aliphatic rings. The van der Waals surface area contributed by atoms with Crippen LogP contribution in [-0.4, -0.2) is 24.7 Å². The first kappa shape index (κ1) is 15.2. The topological polar surface area (TPSA) is 81.1 Å². The van der Waals surface area contributed by atoms with E-state index in [2.05, 4.69) is 0 Å². The molecule has 1 amide bonds. The van der Waals surface area contributed by atoms with Crippen LogP contribution in [0.1, 0.15) is 5.56 Å². The Bertz CT molecular complexity index is 988. The molecule has 3 heterocycles. The van der Waals surface area contributed by atoms with Gasteiger partial charge in [-0.3, -0.25) is 15.1 Å². The number of carbonyl (C=O) groups is 1. The minimum Gasteiger partial charge on any atom is -0.454 e. The van der Waals surface area contributed by atoms with Crippen molar-refractivity contribution in [3.8, 4) is 23.0 Å². The third-order valence-electron chi connectivity index (χ3n) is 4.13. The zero-order chi connectivity index (χ0) is 17.7.